The summed E-state index contributed by atoms with van der Waals surface area (Å²) in [6.45, 7) is 4.63. The quantitative estimate of drug-likeness (QED) is 0.132. The van der Waals surface area contributed by atoms with Gasteiger partial charge >= 0.3 is 11.9 Å². The number of nitrogen functional groups attached to an aromatic ring is 1. The second-order valence-corrected chi connectivity index (χ2v) is 14.8. The highest BCUT2D eigenvalue weighted by atomic mass is 79.9. The summed E-state index contributed by atoms with van der Waals surface area (Å²) in [4.78, 5) is 28.4. The lowest BCUT2D eigenvalue weighted by molar-refractivity contribution is -0.144. The van der Waals surface area contributed by atoms with Gasteiger partial charge in [0, 0.05) is 22.7 Å². The number of rotatable bonds is 13. The van der Waals surface area contributed by atoms with E-state index < -0.39 is 0 Å². The predicted octanol–water partition coefficient (Wildman–Crippen LogP) is 9.99. The second kappa shape index (κ2) is 17.7. The first-order chi connectivity index (χ1) is 23.2. The van der Waals surface area contributed by atoms with Crippen LogP contribution in [0.5, 0.6) is 0 Å². The minimum atomic E-state index is -0.319. The number of nitrogens with two attached hydrogens (primary N) is 1. The van der Waals surface area contributed by atoms with Gasteiger partial charge < -0.3 is 20.5 Å². The summed E-state index contributed by atoms with van der Waals surface area (Å²) in [6.07, 6.45) is 10.1. The zero-order valence-electron chi connectivity index (χ0n) is 27.6. The van der Waals surface area contributed by atoms with Crippen molar-refractivity contribution < 1.29 is 19.1 Å². The fraction of sp³-hybridized carbons (Fsp3) is 0.474. The number of hydrogen-bond donors (Lipinski definition) is 2. The molecule has 0 saturated heterocycles. The number of carbonyl (C=O) groups excluding carboxylic acids is 2. The Morgan fingerprint density at radius 2 is 1.52 bits per heavy atom. The molecule has 0 heterocycles. The molecule has 2 fully saturated rings. The number of nitrogens with zero attached hydrogens (tertiary/aromatic N) is 1. The van der Waals surface area contributed by atoms with Gasteiger partial charge in [0.2, 0.25) is 0 Å². The molecule has 0 amide bonds. The minimum Gasteiger partial charge on any atom is -0.465 e. The number of ether oxygens (including phenoxy) is 2. The highest BCUT2D eigenvalue weighted by molar-refractivity contribution is 9.10. The van der Waals surface area contributed by atoms with E-state index in [1.807, 2.05) is 30.3 Å². The Hall–Kier alpha value is -2.78. The van der Waals surface area contributed by atoms with Crippen LogP contribution < -0.4 is 11.1 Å². The minimum absolute atomic E-state index is 0.135. The van der Waals surface area contributed by atoms with Gasteiger partial charge in [0.25, 0.3) is 0 Å². The van der Waals surface area contributed by atoms with Crippen molar-refractivity contribution in [1.82, 2.24) is 4.90 Å². The van der Waals surface area contributed by atoms with E-state index in [9.17, 15) is 9.59 Å². The summed E-state index contributed by atoms with van der Waals surface area (Å²) < 4.78 is 12.3. The lowest BCUT2D eigenvalue weighted by Crippen LogP contribution is -2.36. The van der Waals surface area contributed by atoms with Crippen molar-refractivity contribution in [2.24, 2.45) is 11.8 Å². The maximum absolute atomic E-state index is 13.1. The Balaban J connectivity index is 1.06. The van der Waals surface area contributed by atoms with Crippen LogP contribution in [0.3, 0.4) is 0 Å². The van der Waals surface area contributed by atoms with Crippen molar-refractivity contribution in [2.75, 3.05) is 30.8 Å². The summed E-state index contributed by atoms with van der Waals surface area (Å²) in [5.41, 5.74) is 10.8. The van der Waals surface area contributed by atoms with E-state index in [0.717, 1.165) is 60.1 Å². The van der Waals surface area contributed by atoms with Crippen LogP contribution in [0.25, 0.3) is 0 Å². The van der Waals surface area contributed by atoms with Gasteiger partial charge in [0.15, 0.2) is 0 Å². The highest BCUT2D eigenvalue weighted by Gasteiger charge is 2.25. The summed E-state index contributed by atoms with van der Waals surface area (Å²) >= 11 is 16.2. The van der Waals surface area contributed by atoms with Gasteiger partial charge in [-0.1, -0.05) is 73.7 Å². The fourth-order valence-electron chi connectivity index (χ4n) is 6.89. The van der Waals surface area contributed by atoms with E-state index in [2.05, 4.69) is 33.1 Å². The average Bonchev–Trinajstić information content (AvgIpc) is 3.10. The smallest absolute Gasteiger partial charge is 0.338 e. The molecule has 0 spiro atoms. The number of hydrogen-bond acceptors (Lipinski definition) is 7. The lowest BCUT2D eigenvalue weighted by atomic mass is 9.83. The van der Waals surface area contributed by atoms with Crippen LogP contribution in [-0.2, 0) is 27.2 Å². The van der Waals surface area contributed by atoms with E-state index in [0.29, 0.717) is 46.2 Å². The molecule has 3 aromatic rings. The number of nitrogens with one attached hydrogen (secondary N) is 1. The molecule has 10 heteroatoms. The van der Waals surface area contributed by atoms with Crippen molar-refractivity contribution in [3.63, 3.8) is 0 Å². The maximum Gasteiger partial charge on any atom is 0.338 e. The van der Waals surface area contributed by atoms with Gasteiger partial charge in [-0.25, -0.2) is 4.79 Å². The van der Waals surface area contributed by atoms with Crippen LogP contribution in [-0.4, -0.2) is 42.6 Å². The topological polar surface area (TPSA) is 93.9 Å². The summed E-state index contributed by atoms with van der Waals surface area (Å²) in [6, 6.07) is 17.1. The molecule has 258 valence electrons. The fourth-order valence-corrected chi connectivity index (χ4v) is 7.89. The molecule has 0 unspecified atom stereocenters. The third-order valence-electron chi connectivity index (χ3n) is 9.79. The molecule has 0 aliphatic heterocycles. The monoisotopic (exact) mass is 757 g/mol. The van der Waals surface area contributed by atoms with E-state index >= 15 is 0 Å². The number of esters is 2. The van der Waals surface area contributed by atoms with Crippen LogP contribution in [0.15, 0.2) is 59.1 Å². The molecule has 2 aliphatic rings. The molecule has 0 atom stereocenters. The molecule has 0 aromatic heterocycles. The zero-order chi connectivity index (χ0) is 34.0. The molecular weight excluding hydrogens is 713 g/mol. The van der Waals surface area contributed by atoms with E-state index in [1.54, 1.807) is 24.3 Å². The van der Waals surface area contributed by atoms with Gasteiger partial charge in [-0.05, 0) is 114 Å². The summed E-state index contributed by atoms with van der Waals surface area (Å²) in [7, 11) is 0. The predicted molar refractivity (Wildman–Crippen MR) is 198 cm³/mol. The molecule has 3 N–H and O–H groups in total. The second-order valence-electron chi connectivity index (χ2n) is 13.1. The lowest BCUT2D eigenvalue weighted by Gasteiger charge is -2.34. The molecule has 7 nitrogen and oxygen atoms in total. The highest BCUT2D eigenvalue weighted by Crippen LogP contribution is 2.35. The summed E-state index contributed by atoms with van der Waals surface area (Å²) in [5, 5.41) is 4.27. The maximum atomic E-state index is 13.1. The Morgan fingerprint density at radius 3 is 2.19 bits per heavy atom. The van der Waals surface area contributed by atoms with Crippen molar-refractivity contribution >= 4 is 68.1 Å². The Labute approximate surface area is 303 Å². The van der Waals surface area contributed by atoms with Crippen LogP contribution in [0.1, 0.15) is 86.2 Å². The van der Waals surface area contributed by atoms with Crippen molar-refractivity contribution in [3.8, 4) is 0 Å². The molecule has 2 saturated carbocycles. The number of para-hydroxylation sites is 2. The van der Waals surface area contributed by atoms with Crippen LogP contribution in [0.2, 0.25) is 10.0 Å². The number of anilines is 3. The van der Waals surface area contributed by atoms with Gasteiger partial charge in [-0.3, -0.25) is 9.69 Å². The van der Waals surface area contributed by atoms with Gasteiger partial charge in [-0.2, -0.15) is 0 Å². The molecule has 48 heavy (non-hydrogen) atoms. The van der Waals surface area contributed by atoms with E-state index in [4.69, 9.17) is 38.4 Å². The number of halogens is 3. The molecule has 0 radical (unpaired) electrons. The molecule has 5 rings (SSSR count). The van der Waals surface area contributed by atoms with Crippen LogP contribution in [0, 0.1) is 11.8 Å². The van der Waals surface area contributed by atoms with Gasteiger partial charge in [0.1, 0.15) is 0 Å². The number of benzene rings is 3. The van der Waals surface area contributed by atoms with Crippen LogP contribution >= 0.6 is 39.1 Å². The SMILES string of the molecule is CCN(Cc1cc(C(=O)OCC2CCC(COC(=O)Cc3ccccc3Nc3c(Cl)cccc3Cl)CC2)cc(Br)c1N)C1CCCCC1. The number of carbonyl (C=O) groups is 2. The first-order valence-electron chi connectivity index (χ1n) is 17.1. The van der Waals surface area contributed by atoms with E-state index in [1.165, 1.54) is 32.1 Å². The normalized spacial score (nSPS) is 18.4. The van der Waals surface area contributed by atoms with Gasteiger partial charge in [0.05, 0.1) is 46.6 Å². The van der Waals surface area contributed by atoms with E-state index in [-0.39, 0.29) is 30.2 Å². The molecule has 2 aliphatic carbocycles. The largest absolute Gasteiger partial charge is 0.465 e. The van der Waals surface area contributed by atoms with Crippen molar-refractivity contribution in [1.29, 1.82) is 0 Å². The third kappa shape index (κ3) is 9.90. The Morgan fingerprint density at radius 1 is 0.875 bits per heavy atom. The molecule has 0 bridgehead atoms. The third-order valence-corrected chi connectivity index (χ3v) is 11.1. The Bertz CT molecular complexity index is 1540. The van der Waals surface area contributed by atoms with Crippen molar-refractivity contribution in [2.45, 2.75) is 83.7 Å². The summed E-state index contributed by atoms with van der Waals surface area (Å²) in [5.74, 6) is -0.0211. The standard InChI is InChI=1S/C38H46BrCl2N3O4/c1-2-44(30-10-4-3-5-11-30)22-29-19-28(20-31(39)36(29)42)38(46)48-24-26-17-15-25(16-18-26)23-47-35(45)21-27-9-6-7-14-34(27)43-37-32(40)12-8-13-33(37)41/h6-9,12-14,19-20,25-26,30,43H,2-5,10-11,15-18,21-24,42H2,1H3. The first kappa shape index (κ1) is 36.5. The Kier molecular flexibility index (Phi) is 13.5. The molecular formula is C38H46BrCl2N3O4. The zero-order valence-corrected chi connectivity index (χ0v) is 30.7. The van der Waals surface area contributed by atoms with Crippen LogP contribution in [0.4, 0.5) is 17.1 Å². The van der Waals surface area contributed by atoms with Crippen molar-refractivity contribution in [3.05, 3.63) is 85.8 Å². The van der Waals surface area contributed by atoms with Gasteiger partial charge in [-0.15, -0.1) is 0 Å². The molecule has 3 aromatic carbocycles. The first-order valence-corrected chi connectivity index (χ1v) is 18.7. The average molecular weight is 760 g/mol.